The number of piperidine rings is 1. The van der Waals surface area contributed by atoms with Gasteiger partial charge in [-0.15, -0.1) is 0 Å². The van der Waals surface area contributed by atoms with E-state index in [2.05, 4.69) is 24.5 Å². The summed E-state index contributed by atoms with van der Waals surface area (Å²) in [6, 6.07) is 1.52. The van der Waals surface area contributed by atoms with E-state index in [4.69, 9.17) is 0 Å². The van der Waals surface area contributed by atoms with Crippen molar-refractivity contribution in [1.29, 1.82) is 0 Å². The van der Waals surface area contributed by atoms with Gasteiger partial charge in [-0.2, -0.15) is 0 Å². The van der Waals surface area contributed by atoms with E-state index in [1.165, 1.54) is 38.8 Å². The first-order valence-corrected chi connectivity index (χ1v) is 6.24. The molecule has 2 nitrogen and oxygen atoms in total. The van der Waals surface area contributed by atoms with Crippen LogP contribution in [0.25, 0.3) is 0 Å². The lowest BCUT2D eigenvalue weighted by Gasteiger charge is -2.29. The predicted octanol–water partition coefficient (Wildman–Crippen LogP) is 1.76. The van der Waals surface area contributed by atoms with Crippen LogP contribution in [0.4, 0.5) is 0 Å². The van der Waals surface area contributed by atoms with Crippen molar-refractivity contribution in [3.63, 3.8) is 0 Å². The third-order valence-corrected chi connectivity index (χ3v) is 4.21. The Morgan fingerprint density at radius 2 is 2.00 bits per heavy atom. The van der Waals surface area contributed by atoms with Crippen LogP contribution in [0.15, 0.2) is 0 Å². The molecule has 0 bridgehead atoms. The molecule has 2 rings (SSSR count). The summed E-state index contributed by atoms with van der Waals surface area (Å²) in [5.41, 5.74) is 0. The molecule has 4 unspecified atom stereocenters. The second-order valence-corrected chi connectivity index (χ2v) is 5.23. The molecule has 2 aliphatic rings. The fraction of sp³-hybridized carbons (Fsp3) is 1.00. The van der Waals surface area contributed by atoms with Crippen LogP contribution >= 0.6 is 0 Å². The number of hydrogen-bond donors (Lipinski definition) is 2. The molecule has 0 aromatic carbocycles. The highest BCUT2D eigenvalue weighted by molar-refractivity contribution is 4.88. The molecule has 1 saturated heterocycles. The normalized spacial score (nSPS) is 44.1. The molecule has 4 atom stereocenters. The molecule has 0 spiro atoms. The lowest BCUT2D eigenvalue weighted by atomic mass is 9.96. The highest BCUT2D eigenvalue weighted by Crippen LogP contribution is 2.31. The van der Waals surface area contributed by atoms with Crippen molar-refractivity contribution >= 4 is 0 Å². The average molecular weight is 196 g/mol. The van der Waals surface area contributed by atoms with Crippen LogP contribution in [0.3, 0.4) is 0 Å². The molecule has 2 N–H and O–H groups in total. The smallest absolute Gasteiger partial charge is 0.0195 e. The summed E-state index contributed by atoms with van der Waals surface area (Å²) in [6.45, 7) is 7.20. The maximum atomic E-state index is 3.84. The summed E-state index contributed by atoms with van der Waals surface area (Å²) >= 11 is 0. The standard InChI is InChI=1S/C12H24N2/c1-9-5-6-12(10(9)2)14-11-4-3-7-13-8-11/h9-14H,3-8H2,1-2H3. The molecular weight excluding hydrogens is 172 g/mol. The molecule has 1 heterocycles. The molecule has 1 saturated carbocycles. The summed E-state index contributed by atoms with van der Waals surface area (Å²) in [5.74, 6) is 1.79. The second kappa shape index (κ2) is 4.63. The Hall–Kier alpha value is -0.0800. The third-order valence-electron chi connectivity index (χ3n) is 4.21. The van der Waals surface area contributed by atoms with Crippen LogP contribution in [0, 0.1) is 11.8 Å². The molecule has 0 aromatic rings. The summed E-state index contributed by atoms with van der Waals surface area (Å²) in [6.07, 6.45) is 5.51. The van der Waals surface area contributed by atoms with Crippen molar-refractivity contribution in [2.75, 3.05) is 13.1 Å². The van der Waals surface area contributed by atoms with Crippen LogP contribution in [0.1, 0.15) is 39.5 Å². The molecular formula is C12H24N2. The van der Waals surface area contributed by atoms with Crippen molar-refractivity contribution in [2.24, 2.45) is 11.8 Å². The summed E-state index contributed by atoms with van der Waals surface area (Å²) in [4.78, 5) is 0. The van der Waals surface area contributed by atoms with Gasteiger partial charge in [0.1, 0.15) is 0 Å². The molecule has 0 amide bonds. The Labute approximate surface area is 87.8 Å². The Kier molecular flexibility index (Phi) is 3.45. The summed E-state index contributed by atoms with van der Waals surface area (Å²) in [5, 5.41) is 7.31. The van der Waals surface area contributed by atoms with Gasteiger partial charge in [-0.05, 0) is 44.1 Å². The highest BCUT2D eigenvalue weighted by Gasteiger charge is 2.31. The highest BCUT2D eigenvalue weighted by atomic mass is 15.0. The van der Waals surface area contributed by atoms with Gasteiger partial charge in [0.2, 0.25) is 0 Å². The SMILES string of the molecule is CC1CCC(NC2CCCNC2)C1C. The van der Waals surface area contributed by atoms with E-state index in [-0.39, 0.29) is 0 Å². The van der Waals surface area contributed by atoms with Gasteiger partial charge < -0.3 is 10.6 Å². The first kappa shape index (κ1) is 10.4. The topological polar surface area (TPSA) is 24.1 Å². The lowest BCUT2D eigenvalue weighted by Crippen LogP contribution is -2.48. The zero-order chi connectivity index (χ0) is 9.97. The van der Waals surface area contributed by atoms with Crippen molar-refractivity contribution in [1.82, 2.24) is 10.6 Å². The van der Waals surface area contributed by atoms with Gasteiger partial charge in [-0.3, -0.25) is 0 Å². The molecule has 2 heteroatoms. The van der Waals surface area contributed by atoms with Crippen LogP contribution in [-0.4, -0.2) is 25.2 Å². The Bertz CT molecular complexity index is 175. The van der Waals surface area contributed by atoms with Crippen LogP contribution in [-0.2, 0) is 0 Å². The van der Waals surface area contributed by atoms with E-state index in [0.29, 0.717) is 0 Å². The van der Waals surface area contributed by atoms with Gasteiger partial charge in [0.05, 0.1) is 0 Å². The van der Waals surface area contributed by atoms with Gasteiger partial charge in [0.25, 0.3) is 0 Å². The Morgan fingerprint density at radius 1 is 1.14 bits per heavy atom. The second-order valence-electron chi connectivity index (χ2n) is 5.23. The minimum Gasteiger partial charge on any atom is -0.315 e. The summed E-state index contributed by atoms with van der Waals surface area (Å²) in [7, 11) is 0. The molecule has 1 aliphatic carbocycles. The van der Waals surface area contributed by atoms with Gasteiger partial charge in [-0.25, -0.2) is 0 Å². The zero-order valence-corrected chi connectivity index (χ0v) is 9.55. The van der Waals surface area contributed by atoms with Crippen molar-refractivity contribution in [3.05, 3.63) is 0 Å². The fourth-order valence-electron chi connectivity index (χ4n) is 2.90. The van der Waals surface area contributed by atoms with E-state index < -0.39 is 0 Å². The van der Waals surface area contributed by atoms with Crippen molar-refractivity contribution in [3.8, 4) is 0 Å². The van der Waals surface area contributed by atoms with Crippen LogP contribution in [0.2, 0.25) is 0 Å². The van der Waals surface area contributed by atoms with E-state index in [1.807, 2.05) is 0 Å². The van der Waals surface area contributed by atoms with Gasteiger partial charge in [0.15, 0.2) is 0 Å². The largest absolute Gasteiger partial charge is 0.315 e. The number of hydrogen-bond acceptors (Lipinski definition) is 2. The first-order valence-electron chi connectivity index (χ1n) is 6.24. The average Bonchev–Trinajstić information content (AvgIpc) is 2.52. The maximum Gasteiger partial charge on any atom is 0.0195 e. The lowest BCUT2D eigenvalue weighted by molar-refractivity contribution is 0.302. The van der Waals surface area contributed by atoms with Crippen LogP contribution in [0.5, 0.6) is 0 Å². The van der Waals surface area contributed by atoms with E-state index in [9.17, 15) is 0 Å². The minimum atomic E-state index is 0.737. The fourth-order valence-corrected chi connectivity index (χ4v) is 2.90. The van der Waals surface area contributed by atoms with E-state index in [1.54, 1.807) is 0 Å². The molecule has 1 aliphatic heterocycles. The first-order chi connectivity index (χ1) is 6.77. The molecule has 0 aromatic heterocycles. The molecule has 14 heavy (non-hydrogen) atoms. The summed E-state index contributed by atoms with van der Waals surface area (Å²) < 4.78 is 0. The molecule has 2 fully saturated rings. The van der Waals surface area contributed by atoms with Crippen molar-refractivity contribution < 1.29 is 0 Å². The van der Waals surface area contributed by atoms with Crippen molar-refractivity contribution in [2.45, 2.75) is 51.6 Å². The minimum absolute atomic E-state index is 0.737. The van der Waals surface area contributed by atoms with Crippen LogP contribution < -0.4 is 10.6 Å². The van der Waals surface area contributed by atoms with E-state index >= 15 is 0 Å². The van der Waals surface area contributed by atoms with E-state index in [0.717, 1.165) is 23.9 Å². The zero-order valence-electron chi connectivity index (χ0n) is 9.55. The monoisotopic (exact) mass is 196 g/mol. The van der Waals surface area contributed by atoms with Gasteiger partial charge in [0, 0.05) is 18.6 Å². The molecule has 82 valence electrons. The maximum absolute atomic E-state index is 3.84. The number of nitrogens with one attached hydrogen (secondary N) is 2. The number of rotatable bonds is 2. The third kappa shape index (κ3) is 2.29. The quantitative estimate of drug-likeness (QED) is 0.703. The molecule has 0 radical (unpaired) electrons. The van der Waals surface area contributed by atoms with Gasteiger partial charge >= 0.3 is 0 Å². The van der Waals surface area contributed by atoms with Gasteiger partial charge in [-0.1, -0.05) is 13.8 Å². The Balaban J connectivity index is 1.79. The predicted molar refractivity (Wildman–Crippen MR) is 60.4 cm³/mol. The Morgan fingerprint density at radius 3 is 2.57 bits per heavy atom.